The number of hydrogen-bond acceptors (Lipinski definition) is 4. The highest BCUT2D eigenvalue weighted by atomic mass is 32.1. The number of hydrogen-bond donors (Lipinski definition) is 0. The van der Waals surface area contributed by atoms with E-state index in [-0.39, 0.29) is 5.63 Å². The van der Waals surface area contributed by atoms with E-state index in [0.29, 0.717) is 11.1 Å². The molecular formula is C12H7NO2S. The summed E-state index contributed by atoms with van der Waals surface area (Å²) in [5.74, 6) is 0. The number of rotatable bonds is 1. The fraction of sp³-hybridized carbons (Fsp3) is 0. The molecule has 0 unspecified atom stereocenters. The van der Waals surface area contributed by atoms with Gasteiger partial charge < -0.3 is 4.42 Å². The largest absolute Gasteiger partial charge is 0.422 e. The number of benzene rings is 1. The Morgan fingerprint density at radius 2 is 2.12 bits per heavy atom. The first-order valence-electron chi connectivity index (χ1n) is 4.76. The van der Waals surface area contributed by atoms with Gasteiger partial charge >= 0.3 is 5.63 Å². The first kappa shape index (κ1) is 9.30. The molecule has 0 N–H and O–H groups in total. The highest BCUT2D eigenvalue weighted by Gasteiger charge is 2.08. The van der Waals surface area contributed by atoms with Crippen LogP contribution in [0.4, 0.5) is 0 Å². The molecule has 0 aliphatic rings. The van der Waals surface area contributed by atoms with Crippen LogP contribution in [-0.2, 0) is 0 Å². The molecule has 0 spiro atoms. The van der Waals surface area contributed by atoms with Crippen LogP contribution in [-0.4, -0.2) is 4.98 Å². The SMILES string of the molecule is O=c1oc2ccccc2cc1-c1cncs1. The second kappa shape index (κ2) is 3.57. The Balaban J connectivity index is 2.34. The summed E-state index contributed by atoms with van der Waals surface area (Å²) >= 11 is 1.43. The summed E-state index contributed by atoms with van der Waals surface area (Å²) in [5, 5.41) is 0.922. The summed E-state index contributed by atoms with van der Waals surface area (Å²) < 4.78 is 5.24. The minimum atomic E-state index is -0.317. The van der Waals surface area contributed by atoms with Gasteiger partial charge in [0.2, 0.25) is 0 Å². The van der Waals surface area contributed by atoms with E-state index in [4.69, 9.17) is 4.42 Å². The Kier molecular flexibility index (Phi) is 2.08. The van der Waals surface area contributed by atoms with E-state index in [1.54, 1.807) is 17.8 Å². The predicted octanol–water partition coefficient (Wildman–Crippen LogP) is 2.92. The van der Waals surface area contributed by atoms with Crippen LogP contribution in [0.5, 0.6) is 0 Å². The predicted molar refractivity (Wildman–Crippen MR) is 63.6 cm³/mol. The van der Waals surface area contributed by atoms with E-state index in [1.807, 2.05) is 24.3 Å². The van der Waals surface area contributed by atoms with Crippen molar-refractivity contribution in [2.45, 2.75) is 0 Å². The van der Waals surface area contributed by atoms with Crippen LogP contribution < -0.4 is 5.63 Å². The molecular weight excluding hydrogens is 222 g/mol. The number of fused-ring (bicyclic) bond motifs is 1. The van der Waals surface area contributed by atoms with Gasteiger partial charge in [0, 0.05) is 11.6 Å². The van der Waals surface area contributed by atoms with Crippen LogP contribution in [0.25, 0.3) is 21.4 Å². The van der Waals surface area contributed by atoms with Crippen LogP contribution in [0.2, 0.25) is 0 Å². The summed E-state index contributed by atoms with van der Waals surface area (Å²) in [7, 11) is 0. The highest BCUT2D eigenvalue weighted by molar-refractivity contribution is 7.13. The molecule has 16 heavy (non-hydrogen) atoms. The van der Waals surface area contributed by atoms with Gasteiger partial charge in [-0.3, -0.25) is 4.98 Å². The molecule has 0 saturated carbocycles. The van der Waals surface area contributed by atoms with E-state index in [0.717, 1.165) is 10.3 Å². The second-order valence-electron chi connectivity index (χ2n) is 3.35. The van der Waals surface area contributed by atoms with Gasteiger partial charge in [-0.1, -0.05) is 18.2 Å². The van der Waals surface area contributed by atoms with Gasteiger partial charge in [0.05, 0.1) is 16.0 Å². The van der Waals surface area contributed by atoms with E-state index in [1.165, 1.54) is 11.3 Å². The molecule has 3 aromatic rings. The zero-order valence-electron chi connectivity index (χ0n) is 8.21. The van der Waals surface area contributed by atoms with Crippen molar-refractivity contribution in [2.75, 3.05) is 0 Å². The van der Waals surface area contributed by atoms with E-state index < -0.39 is 0 Å². The maximum Gasteiger partial charge on any atom is 0.345 e. The molecule has 0 aliphatic carbocycles. The lowest BCUT2D eigenvalue weighted by Gasteiger charge is -1.98. The van der Waals surface area contributed by atoms with Gasteiger partial charge in [-0.05, 0) is 12.1 Å². The Morgan fingerprint density at radius 1 is 1.25 bits per heavy atom. The minimum absolute atomic E-state index is 0.317. The number of nitrogens with zero attached hydrogens (tertiary/aromatic N) is 1. The third-order valence-corrected chi connectivity index (χ3v) is 3.15. The number of aromatic nitrogens is 1. The van der Waals surface area contributed by atoms with Gasteiger partial charge in [0.15, 0.2) is 0 Å². The van der Waals surface area contributed by atoms with Crippen molar-refractivity contribution in [3.8, 4) is 10.4 Å². The Morgan fingerprint density at radius 3 is 2.94 bits per heavy atom. The summed E-state index contributed by atoms with van der Waals surface area (Å²) in [6, 6.07) is 9.31. The van der Waals surface area contributed by atoms with E-state index in [9.17, 15) is 4.79 Å². The first-order valence-corrected chi connectivity index (χ1v) is 5.64. The van der Waals surface area contributed by atoms with Crippen molar-refractivity contribution < 1.29 is 4.42 Å². The maximum atomic E-state index is 11.7. The summed E-state index contributed by atoms with van der Waals surface area (Å²) in [5.41, 5.74) is 2.56. The molecule has 4 heteroatoms. The maximum absolute atomic E-state index is 11.7. The van der Waals surface area contributed by atoms with Crippen molar-refractivity contribution >= 4 is 22.3 Å². The molecule has 2 aromatic heterocycles. The smallest absolute Gasteiger partial charge is 0.345 e. The fourth-order valence-corrected chi connectivity index (χ4v) is 2.21. The summed E-state index contributed by atoms with van der Waals surface area (Å²) in [6.07, 6.45) is 1.67. The van der Waals surface area contributed by atoms with E-state index in [2.05, 4.69) is 4.98 Å². The van der Waals surface area contributed by atoms with E-state index >= 15 is 0 Å². The van der Waals surface area contributed by atoms with Crippen molar-refractivity contribution in [1.29, 1.82) is 0 Å². The second-order valence-corrected chi connectivity index (χ2v) is 4.24. The Bertz CT molecular complexity index is 686. The topological polar surface area (TPSA) is 43.1 Å². The van der Waals surface area contributed by atoms with Gasteiger partial charge in [0.1, 0.15) is 5.58 Å². The zero-order chi connectivity index (χ0) is 11.0. The van der Waals surface area contributed by atoms with Gasteiger partial charge in [0.25, 0.3) is 0 Å². The molecule has 0 bridgehead atoms. The number of para-hydroxylation sites is 1. The molecule has 0 fully saturated rings. The molecule has 0 radical (unpaired) electrons. The summed E-state index contributed by atoms with van der Waals surface area (Å²) in [4.78, 5) is 16.5. The van der Waals surface area contributed by atoms with Crippen molar-refractivity contribution in [2.24, 2.45) is 0 Å². The van der Waals surface area contributed by atoms with Crippen LogP contribution in [0.15, 0.2) is 51.3 Å². The third kappa shape index (κ3) is 1.44. The van der Waals surface area contributed by atoms with Crippen LogP contribution in [0.3, 0.4) is 0 Å². The lowest BCUT2D eigenvalue weighted by Crippen LogP contribution is -2.01. The molecule has 0 aliphatic heterocycles. The monoisotopic (exact) mass is 229 g/mol. The molecule has 0 atom stereocenters. The van der Waals surface area contributed by atoms with Gasteiger partial charge in [-0.15, -0.1) is 11.3 Å². The third-order valence-electron chi connectivity index (χ3n) is 2.34. The van der Waals surface area contributed by atoms with Crippen LogP contribution in [0, 0.1) is 0 Å². The van der Waals surface area contributed by atoms with Crippen LogP contribution in [0.1, 0.15) is 0 Å². The number of thiazole rings is 1. The van der Waals surface area contributed by atoms with Crippen LogP contribution >= 0.6 is 11.3 Å². The zero-order valence-corrected chi connectivity index (χ0v) is 9.03. The first-order chi connectivity index (χ1) is 7.84. The minimum Gasteiger partial charge on any atom is -0.422 e. The molecule has 0 saturated heterocycles. The van der Waals surface area contributed by atoms with Gasteiger partial charge in [-0.25, -0.2) is 4.79 Å². The Labute approximate surface area is 95.0 Å². The van der Waals surface area contributed by atoms with Crippen molar-refractivity contribution in [1.82, 2.24) is 4.98 Å². The molecule has 1 aromatic carbocycles. The molecule has 78 valence electrons. The lowest BCUT2D eigenvalue weighted by atomic mass is 10.2. The fourth-order valence-electron chi connectivity index (χ4n) is 1.58. The highest BCUT2D eigenvalue weighted by Crippen LogP contribution is 2.23. The van der Waals surface area contributed by atoms with Crippen molar-refractivity contribution in [3.05, 3.63) is 52.5 Å². The molecule has 2 heterocycles. The molecule has 0 amide bonds. The normalized spacial score (nSPS) is 10.8. The summed E-state index contributed by atoms with van der Waals surface area (Å²) in [6.45, 7) is 0. The molecule has 3 rings (SSSR count). The average Bonchev–Trinajstić information content (AvgIpc) is 2.81. The average molecular weight is 229 g/mol. The van der Waals surface area contributed by atoms with Gasteiger partial charge in [-0.2, -0.15) is 0 Å². The molecule has 3 nitrogen and oxygen atoms in total. The lowest BCUT2D eigenvalue weighted by molar-refractivity contribution is 0.563. The van der Waals surface area contributed by atoms with Crippen molar-refractivity contribution in [3.63, 3.8) is 0 Å². The Hall–Kier alpha value is -1.94. The quantitative estimate of drug-likeness (QED) is 0.602. The standard InChI is InChI=1S/C12H7NO2S/c14-12-9(11-6-13-7-16-11)5-8-3-1-2-4-10(8)15-12/h1-7H.